The topological polar surface area (TPSA) is 0 Å². The SMILES string of the molecule is CC1=C(C)C(=[Si](C)C)C(C)=C1C. The highest BCUT2D eigenvalue weighted by atomic mass is 28.2. The van der Waals surface area contributed by atoms with Crippen LogP contribution in [0.25, 0.3) is 0 Å². The van der Waals surface area contributed by atoms with Crippen molar-refractivity contribution >= 4 is 13.6 Å². The molecule has 0 radical (unpaired) electrons. The van der Waals surface area contributed by atoms with Crippen LogP contribution in [0.4, 0.5) is 0 Å². The van der Waals surface area contributed by atoms with E-state index in [1.54, 1.807) is 16.3 Å². The third kappa shape index (κ3) is 1.26. The van der Waals surface area contributed by atoms with E-state index in [9.17, 15) is 0 Å². The van der Waals surface area contributed by atoms with Gasteiger partial charge in [-0.15, -0.1) is 0 Å². The van der Waals surface area contributed by atoms with Crippen LogP contribution in [0.5, 0.6) is 0 Å². The van der Waals surface area contributed by atoms with Crippen LogP contribution in [-0.4, -0.2) is 13.6 Å². The molecular weight excluding hydrogens is 160 g/mol. The van der Waals surface area contributed by atoms with Crippen molar-refractivity contribution in [2.24, 2.45) is 0 Å². The van der Waals surface area contributed by atoms with Gasteiger partial charge in [0.2, 0.25) is 0 Å². The summed E-state index contributed by atoms with van der Waals surface area (Å²) in [5.74, 6) is 0. The lowest BCUT2D eigenvalue weighted by Gasteiger charge is -2.05. The van der Waals surface area contributed by atoms with Crippen molar-refractivity contribution in [1.82, 2.24) is 0 Å². The first-order chi connectivity index (χ1) is 5.46. The molecule has 0 bridgehead atoms. The highest BCUT2D eigenvalue weighted by Gasteiger charge is 2.18. The van der Waals surface area contributed by atoms with Crippen molar-refractivity contribution < 1.29 is 0 Å². The van der Waals surface area contributed by atoms with E-state index >= 15 is 0 Å². The minimum absolute atomic E-state index is 0.274. The van der Waals surface area contributed by atoms with E-state index in [1.165, 1.54) is 11.1 Å². The molecule has 0 atom stereocenters. The van der Waals surface area contributed by atoms with E-state index in [0.29, 0.717) is 0 Å². The Morgan fingerprint density at radius 1 is 0.667 bits per heavy atom. The molecule has 0 fully saturated rings. The highest BCUT2D eigenvalue weighted by Crippen LogP contribution is 2.28. The summed E-state index contributed by atoms with van der Waals surface area (Å²) in [5, 5.41) is 1.66. The van der Waals surface area contributed by atoms with Gasteiger partial charge >= 0.3 is 0 Å². The van der Waals surface area contributed by atoms with Crippen LogP contribution in [0.2, 0.25) is 13.1 Å². The van der Waals surface area contributed by atoms with Crippen LogP contribution in [-0.2, 0) is 0 Å². The second kappa shape index (κ2) is 3.13. The van der Waals surface area contributed by atoms with Crippen LogP contribution in [0.15, 0.2) is 22.3 Å². The smallest absolute Gasteiger partial charge is 0.0135 e. The molecule has 0 aromatic carbocycles. The van der Waals surface area contributed by atoms with Crippen LogP contribution in [0, 0.1) is 0 Å². The summed E-state index contributed by atoms with van der Waals surface area (Å²) in [6, 6.07) is 0. The first kappa shape index (κ1) is 9.65. The molecule has 1 heteroatoms. The van der Waals surface area contributed by atoms with Gasteiger partial charge in [0, 0.05) is 8.41 Å². The fourth-order valence-electron chi connectivity index (χ4n) is 1.97. The monoisotopic (exact) mass is 178 g/mol. The van der Waals surface area contributed by atoms with Crippen LogP contribution in [0.1, 0.15) is 27.7 Å². The van der Waals surface area contributed by atoms with E-state index in [0.717, 1.165) is 0 Å². The van der Waals surface area contributed by atoms with Gasteiger partial charge in [-0.25, -0.2) is 0 Å². The lowest BCUT2D eigenvalue weighted by Crippen LogP contribution is -2.09. The lowest BCUT2D eigenvalue weighted by molar-refractivity contribution is 1.31. The molecule has 1 aliphatic carbocycles. The number of allylic oxidation sites excluding steroid dienone is 4. The molecule has 12 heavy (non-hydrogen) atoms. The predicted octanol–water partition coefficient (Wildman–Crippen LogP) is 3.18. The van der Waals surface area contributed by atoms with E-state index in [-0.39, 0.29) is 8.41 Å². The summed E-state index contributed by atoms with van der Waals surface area (Å²) in [4.78, 5) is 0. The number of rotatable bonds is 0. The van der Waals surface area contributed by atoms with Crippen LogP contribution >= 0.6 is 0 Å². The Morgan fingerprint density at radius 3 is 1.17 bits per heavy atom. The quantitative estimate of drug-likeness (QED) is 0.500. The minimum atomic E-state index is -0.274. The Bertz CT molecular complexity index is 284. The number of hydrogen-bond donors (Lipinski definition) is 0. The van der Waals surface area contributed by atoms with Gasteiger partial charge in [-0.1, -0.05) is 13.1 Å². The molecule has 1 aliphatic rings. The Hall–Kier alpha value is -0.433. The zero-order valence-electron chi connectivity index (χ0n) is 9.00. The molecule has 0 unspecified atom stereocenters. The molecule has 0 N–H and O–H groups in total. The summed E-state index contributed by atoms with van der Waals surface area (Å²) < 4.78 is 0. The molecule has 0 aromatic heterocycles. The van der Waals surface area contributed by atoms with Gasteiger partial charge in [0.05, 0.1) is 0 Å². The van der Waals surface area contributed by atoms with E-state index in [1.807, 2.05) is 0 Å². The molecule has 0 aliphatic heterocycles. The van der Waals surface area contributed by atoms with Gasteiger partial charge in [0.1, 0.15) is 0 Å². The Morgan fingerprint density at radius 2 is 1.00 bits per heavy atom. The van der Waals surface area contributed by atoms with Crippen LogP contribution < -0.4 is 0 Å². The van der Waals surface area contributed by atoms with Crippen molar-refractivity contribution in [3.05, 3.63) is 22.3 Å². The van der Waals surface area contributed by atoms with E-state index < -0.39 is 0 Å². The summed E-state index contributed by atoms with van der Waals surface area (Å²) in [5.41, 5.74) is 6.11. The average Bonchev–Trinajstić information content (AvgIpc) is 2.16. The normalized spacial score (nSPS) is 18.0. The molecule has 0 saturated heterocycles. The summed E-state index contributed by atoms with van der Waals surface area (Å²) in [7, 11) is -0.274. The maximum atomic E-state index is 2.37. The molecule has 1 rings (SSSR count). The third-order valence-electron chi connectivity index (χ3n) is 2.94. The standard InChI is InChI=1S/C11H18Si/c1-7-8(2)10(4)11(9(7)3)12(5)6/h1-6H3. The Balaban J connectivity index is 3.37. The van der Waals surface area contributed by atoms with Crippen molar-refractivity contribution in [1.29, 1.82) is 0 Å². The summed E-state index contributed by atoms with van der Waals surface area (Å²) in [6.07, 6.45) is 0. The molecule has 0 aromatic rings. The van der Waals surface area contributed by atoms with Gasteiger partial charge in [0.25, 0.3) is 0 Å². The molecule has 0 spiro atoms. The lowest BCUT2D eigenvalue weighted by atomic mass is 10.1. The Labute approximate surface area is 77.2 Å². The van der Waals surface area contributed by atoms with E-state index in [2.05, 4.69) is 40.8 Å². The molecule has 0 heterocycles. The van der Waals surface area contributed by atoms with Crippen molar-refractivity contribution in [3.63, 3.8) is 0 Å². The van der Waals surface area contributed by atoms with Crippen LogP contribution in [0.3, 0.4) is 0 Å². The third-order valence-corrected chi connectivity index (χ3v) is 4.69. The largest absolute Gasteiger partial charge is 0.0560 e. The molecular formula is C11H18Si. The highest BCUT2D eigenvalue weighted by molar-refractivity contribution is 6.75. The molecule has 0 amide bonds. The van der Waals surface area contributed by atoms with E-state index in [4.69, 9.17) is 0 Å². The fourth-order valence-corrected chi connectivity index (χ4v) is 3.84. The Kier molecular flexibility index (Phi) is 2.52. The molecule has 66 valence electrons. The predicted molar refractivity (Wildman–Crippen MR) is 59.2 cm³/mol. The summed E-state index contributed by atoms with van der Waals surface area (Å²) >= 11 is 0. The average molecular weight is 178 g/mol. The minimum Gasteiger partial charge on any atom is -0.0560 e. The van der Waals surface area contributed by atoms with Gasteiger partial charge < -0.3 is 0 Å². The van der Waals surface area contributed by atoms with Gasteiger partial charge in [-0.05, 0) is 55.2 Å². The maximum Gasteiger partial charge on any atom is 0.0135 e. The zero-order chi connectivity index (χ0) is 9.46. The summed E-state index contributed by atoms with van der Waals surface area (Å²) in [6.45, 7) is 13.8. The van der Waals surface area contributed by atoms with Gasteiger partial charge in [0.15, 0.2) is 0 Å². The van der Waals surface area contributed by atoms with Gasteiger partial charge in [-0.3, -0.25) is 0 Å². The second-order valence-electron chi connectivity index (χ2n) is 3.88. The van der Waals surface area contributed by atoms with Crippen molar-refractivity contribution in [2.75, 3.05) is 0 Å². The molecule has 0 saturated carbocycles. The van der Waals surface area contributed by atoms with Gasteiger partial charge in [-0.2, -0.15) is 0 Å². The molecule has 0 nitrogen and oxygen atoms in total. The first-order valence-corrected chi connectivity index (χ1v) is 7.00. The maximum absolute atomic E-state index is 2.37. The first-order valence-electron chi connectivity index (χ1n) is 4.50. The number of hydrogen-bond acceptors (Lipinski definition) is 0. The fraction of sp³-hybridized carbons (Fsp3) is 0.545. The van der Waals surface area contributed by atoms with Crippen molar-refractivity contribution in [3.8, 4) is 0 Å². The second-order valence-corrected chi connectivity index (χ2v) is 6.38. The van der Waals surface area contributed by atoms with Crippen molar-refractivity contribution in [2.45, 2.75) is 40.8 Å². The zero-order valence-corrected chi connectivity index (χ0v) is 10.0.